The van der Waals surface area contributed by atoms with E-state index < -0.39 is 6.10 Å². The van der Waals surface area contributed by atoms with Crippen LogP contribution in [0.4, 0.5) is 11.5 Å². The highest BCUT2D eigenvalue weighted by molar-refractivity contribution is 6.05. The fraction of sp³-hybridized carbons (Fsp3) is 0.314. The second kappa shape index (κ2) is 13.2. The van der Waals surface area contributed by atoms with Gasteiger partial charge >= 0.3 is 0 Å². The van der Waals surface area contributed by atoms with Gasteiger partial charge in [-0.25, -0.2) is 15.0 Å². The van der Waals surface area contributed by atoms with Crippen LogP contribution in [0.1, 0.15) is 19.3 Å². The summed E-state index contributed by atoms with van der Waals surface area (Å²) >= 11 is 0. The fourth-order valence-electron chi connectivity index (χ4n) is 6.58. The molecule has 0 radical (unpaired) electrons. The van der Waals surface area contributed by atoms with Crippen molar-refractivity contribution in [3.8, 4) is 22.6 Å². The predicted molar refractivity (Wildman–Crippen MR) is 178 cm³/mol. The third-order valence-electron chi connectivity index (χ3n) is 9.26. The number of nitrogens with one attached hydrogen (secondary N) is 2. The zero-order valence-corrected chi connectivity index (χ0v) is 25.6. The molecular formula is C35H37N9O2. The van der Waals surface area contributed by atoms with E-state index in [1.54, 1.807) is 30.9 Å². The predicted octanol–water partition coefficient (Wildman–Crippen LogP) is 4.57. The SMILES string of the molecule is C=C(C(=O)Nc1ccc2[nH]nc(-c3ccncc3)c2c1)[C@H]1CCN(CC(O)C2CCN(c3ccc(-c4ncccn4)cn3)CC2)C1. The number of carbonyl (C=O) groups is 1. The van der Waals surface area contributed by atoms with Crippen molar-refractivity contribution in [3.63, 3.8) is 0 Å². The van der Waals surface area contributed by atoms with Crippen molar-refractivity contribution >= 4 is 28.3 Å². The molecule has 2 aliphatic rings. The topological polar surface area (TPSA) is 136 Å². The monoisotopic (exact) mass is 615 g/mol. The van der Waals surface area contributed by atoms with Crippen LogP contribution in [-0.2, 0) is 4.79 Å². The van der Waals surface area contributed by atoms with E-state index in [9.17, 15) is 9.90 Å². The number of amides is 1. The minimum Gasteiger partial charge on any atom is -0.392 e. The van der Waals surface area contributed by atoms with E-state index >= 15 is 0 Å². The molecule has 2 fully saturated rings. The molecule has 0 aliphatic carbocycles. The molecule has 0 saturated carbocycles. The summed E-state index contributed by atoms with van der Waals surface area (Å²) in [5.74, 6) is 1.71. The average Bonchev–Trinajstić information content (AvgIpc) is 3.76. The first-order valence-corrected chi connectivity index (χ1v) is 15.8. The van der Waals surface area contributed by atoms with E-state index in [0.29, 0.717) is 23.6 Å². The lowest BCUT2D eigenvalue weighted by molar-refractivity contribution is -0.113. The molecule has 0 bridgehead atoms. The third-order valence-corrected chi connectivity index (χ3v) is 9.26. The number of anilines is 2. The number of H-pyrrole nitrogens is 1. The summed E-state index contributed by atoms with van der Waals surface area (Å²) in [6.07, 6.45) is 11.0. The number of aliphatic hydroxyl groups excluding tert-OH is 1. The van der Waals surface area contributed by atoms with E-state index in [1.807, 2.05) is 48.7 Å². The number of rotatable bonds is 9. The Kier molecular flexibility index (Phi) is 8.49. The maximum absolute atomic E-state index is 13.2. The average molecular weight is 616 g/mol. The quantitative estimate of drug-likeness (QED) is 0.204. The lowest BCUT2D eigenvalue weighted by Gasteiger charge is -2.36. The minimum atomic E-state index is -0.412. The Morgan fingerprint density at radius 1 is 0.978 bits per heavy atom. The molecule has 5 aromatic rings. The van der Waals surface area contributed by atoms with E-state index in [-0.39, 0.29) is 17.7 Å². The highest BCUT2D eigenvalue weighted by atomic mass is 16.3. The van der Waals surface area contributed by atoms with Crippen molar-refractivity contribution in [3.05, 3.63) is 91.7 Å². The van der Waals surface area contributed by atoms with Gasteiger partial charge in [0.1, 0.15) is 11.5 Å². The molecule has 234 valence electrons. The van der Waals surface area contributed by atoms with E-state index in [1.165, 1.54) is 0 Å². The van der Waals surface area contributed by atoms with E-state index in [2.05, 4.69) is 51.8 Å². The number of aromatic amines is 1. The smallest absolute Gasteiger partial charge is 0.251 e. The normalized spacial score (nSPS) is 18.1. The molecule has 6 heterocycles. The number of benzene rings is 1. The van der Waals surface area contributed by atoms with Gasteiger partial charge in [0.2, 0.25) is 0 Å². The maximum Gasteiger partial charge on any atom is 0.251 e. The van der Waals surface area contributed by atoms with Gasteiger partial charge in [-0.05, 0) is 80.3 Å². The van der Waals surface area contributed by atoms with Crippen LogP contribution in [-0.4, -0.2) is 84.9 Å². The summed E-state index contributed by atoms with van der Waals surface area (Å²) in [7, 11) is 0. The van der Waals surface area contributed by atoms with Gasteiger partial charge in [0, 0.05) is 90.9 Å². The van der Waals surface area contributed by atoms with Crippen LogP contribution in [0, 0.1) is 11.8 Å². The number of β-amino-alcohol motifs (C(OH)–C–C–N with tert-alkyl or cyclic N) is 1. The van der Waals surface area contributed by atoms with Crippen LogP contribution in [0.5, 0.6) is 0 Å². The number of hydrogen-bond acceptors (Lipinski definition) is 9. The first-order valence-electron chi connectivity index (χ1n) is 15.8. The molecule has 2 atom stereocenters. The number of aliphatic hydroxyl groups is 1. The third kappa shape index (κ3) is 6.37. The standard InChI is InChI=1S/C35H37N9O2/c1-23(35(46)40-28-4-5-30-29(19-28)33(42-41-30)25-7-14-36-15-8-25)27-9-16-43(21-27)22-31(45)24-10-17-44(18-11-24)32-6-3-26(20-39-32)34-37-12-2-13-38-34/h2-8,12-15,19-20,24,27,31,45H,1,9-11,16-18,21-22H2,(H,40,46)(H,41,42)/t27-,31?/m0/s1. The van der Waals surface area contributed by atoms with Crippen LogP contribution < -0.4 is 10.2 Å². The Bertz CT molecular complexity index is 1800. The minimum absolute atomic E-state index is 0.0504. The largest absolute Gasteiger partial charge is 0.392 e. The zero-order valence-electron chi connectivity index (χ0n) is 25.6. The second-order valence-corrected chi connectivity index (χ2v) is 12.2. The van der Waals surface area contributed by atoms with Crippen molar-refractivity contribution in [1.29, 1.82) is 0 Å². The van der Waals surface area contributed by atoms with Gasteiger partial charge in [0.05, 0.1) is 11.6 Å². The molecule has 46 heavy (non-hydrogen) atoms. The summed E-state index contributed by atoms with van der Waals surface area (Å²) in [4.78, 5) is 35.1. The van der Waals surface area contributed by atoms with Crippen LogP contribution in [0.3, 0.4) is 0 Å². The Balaban J connectivity index is 0.889. The number of fused-ring (bicyclic) bond motifs is 1. The number of piperidine rings is 1. The van der Waals surface area contributed by atoms with Crippen molar-refractivity contribution < 1.29 is 9.90 Å². The van der Waals surface area contributed by atoms with Gasteiger partial charge in [0.25, 0.3) is 5.91 Å². The first kappa shape index (κ1) is 29.7. The van der Waals surface area contributed by atoms with Gasteiger partial charge in [-0.2, -0.15) is 5.10 Å². The van der Waals surface area contributed by atoms with Crippen molar-refractivity contribution in [2.75, 3.05) is 42.9 Å². The molecule has 4 aromatic heterocycles. The van der Waals surface area contributed by atoms with Crippen LogP contribution >= 0.6 is 0 Å². The molecule has 0 spiro atoms. The van der Waals surface area contributed by atoms with Gasteiger partial charge in [-0.3, -0.25) is 14.9 Å². The number of nitrogens with zero attached hydrogens (tertiary/aromatic N) is 7. The van der Waals surface area contributed by atoms with Crippen LogP contribution in [0.2, 0.25) is 0 Å². The summed E-state index contributed by atoms with van der Waals surface area (Å²) in [6.45, 7) is 8.03. The fourth-order valence-corrected chi connectivity index (χ4v) is 6.58. The number of hydrogen-bond donors (Lipinski definition) is 3. The maximum atomic E-state index is 13.2. The highest BCUT2D eigenvalue weighted by Gasteiger charge is 2.32. The van der Waals surface area contributed by atoms with Gasteiger partial charge < -0.3 is 20.2 Å². The Morgan fingerprint density at radius 2 is 1.78 bits per heavy atom. The Labute approximate surface area is 267 Å². The molecule has 1 unspecified atom stereocenters. The summed E-state index contributed by atoms with van der Waals surface area (Å²) in [5, 5.41) is 22.6. The zero-order chi connectivity index (χ0) is 31.5. The van der Waals surface area contributed by atoms with Crippen LogP contribution in [0.15, 0.2) is 91.7 Å². The van der Waals surface area contributed by atoms with E-state index in [4.69, 9.17) is 0 Å². The van der Waals surface area contributed by atoms with Gasteiger partial charge in [0.15, 0.2) is 5.82 Å². The number of aromatic nitrogens is 6. The van der Waals surface area contributed by atoms with Crippen molar-refractivity contribution in [2.24, 2.45) is 11.8 Å². The molecule has 7 rings (SSSR count). The molecule has 11 heteroatoms. The summed E-state index contributed by atoms with van der Waals surface area (Å²) in [5.41, 5.74) is 4.82. The van der Waals surface area contributed by atoms with Gasteiger partial charge in [-0.1, -0.05) is 6.58 Å². The molecular weight excluding hydrogens is 578 g/mol. The molecule has 11 nitrogen and oxygen atoms in total. The summed E-state index contributed by atoms with van der Waals surface area (Å²) < 4.78 is 0. The van der Waals surface area contributed by atoms with Crippen LogP contribution in [0.25, 0.3) is 33.5 Å². The number of pyridine rings is 2. The lowest BCUT2D eigenvalue weighted by atomic mass is 9.91. The Morgan fingerprint density at radius 3 is 2.54 bits per heavy atom. The lowest BCUT2D eigenvalue weighted by Crippen LogP contribution is -2.42. The highest BCUT2D eigenvalue weighted by Crippen LogP contribution is 2.31. The molecule has 1 aromatic carbocycles. The molecule has 3 N–H and O–H groups in total. The van der Waals surface area contributed by atoms with E-state index in [0.717, 1.165) is 79.0 Å². The van der Waals surface area contributed by atoms with Crippen molar-refractivity contribution in [2.45, 2.75) is 25.4 Å². The first-order chi connectivity index (χ1) is 22.5. The second-order valence-electron chi connectivity index (χ2n) is 12.2. The van der Waals surface area contributed by atoms with Crippen molar-refractivity contribution in [1.82, 2.24) is 35.0 Å². The van der Waals surface area contributed by atoms with Gasteiger partial charge in [-0.15, -0.1) is 0 Å². The molecule has 2 saturated heterocycles. The Hall–Kier alpha value is -5.00. The molecule has 2 aliphatic heterocycles. The number of likely N-dealkylation sites (tertiary alicyclic amines) is 1. The molecule has 1 amide bonds. The summed E-state index contributed by atoms with van der Waals surface area (Å²) in [6, 6.07) is 15.4. The number of carbonyl (C=O) groups excluding carboxylic acids is 1.